The molecule has 0 heterocycles. The maximum atomic E-state index is 14.8. The predicted molar refractivity (Wildman–Crippen MR) is 98.4 cm³/mol. The van der Waals surface area contributed by atoms with Crippen LogP contribution >= 0.6 is 0 Å². The molecule has 144 valence electrons. The van der Waals surface area contributed by atoms with E-state index in [1.807, 2.05) is 0 Å². The van der Waals surface area contributed by atoms with Crippen LogP contribution in [0.4, 0.5) is 8.78 Å². The summed E-state index contributed by atoms with van der Waals surface area (Å²) in [6.07, 6.45) is 8.24. The second-order valence-electron chi connectivity index (χ2n) is 7.88. The molecule has 0 atom stereocenters. The van der Waals surface area contributed by atoms with Crippen LogP contribution in [0.1, 0.15) is 94.1 Å². The van der Waals surface area contributed by atoms with E-state index in [4.69, 9.17) is 4.74 Å². The number of benzene rings is 1. The Morgan fingerprint density at radius 3 is 2.00 bits per heavy atom. The fraction of sp³-hybridized carbons (Fsp3) is 0.682. The lowest BCUT2D eigenvalue weighted by Gasteiger charge is -2.30. The second kappa shape index (κ2) is 9.07. The van der Waals surface area contributed by atoms with E-state index in [0.717, 1.165) is 45.1 Å². The number of ether oxygens (including phenoxy) is 1. The molecule has 2 fully saturated rings. The molecule has 0 N–H and O–H groups in total. The minimum atomic E-state index is -0.692. The van der Waals surface area contributed by atoms with Crippen molar-refractivity contribution in [1.29, 1.82) is 0 Å². The van der Waals surface area contributed by atoms with E-state index in [2.05, 4.69) is 6.92 Å². The van der Waals surface area contributed by atoms with Gasteiger partial charge in [-0.3, -0.25) is 4.79 Å². The summed E-state index contributed by atoms with van der Waals surface area (Å²) in [6.45, 7) is 2.94. The van der Waals surface area contributed by atoms with Gasteiger partial charge in [-0.05, 0) is 67.9 Å². The zero-order chi connectivity index (χ0) is 18.5. The molecule has 2 saturated carbocycles. The quantitative estimate of drug-likeness (QED) is 0.576. The van der Waals surface area contributed by atoms with Gasteiger partial charge in [-0.1, -0.05) is 25.5 Å². The van der Waals surface area contributed by atoms with Crippen LogP contribution in [-0.2, 0) is 9.53 Å². The Morgan fingerprint density at radius 2 is 1.46 bits per heavy atom. The van der Waals surface area contributed by atoms with Gasteiger partial charge in [0.2, 0.25) is 0 Å². The van der Waals surface area contributed by atoms with Crippen LogP contribution in [0.2, 0.25) is 0 Å². The normalized spacial score (nSPS) is 24.8. The van der Waals surface area contributed by atoms with E-state index in [-0.39, 0.29) is 23.7 Å². The number of rotatable bonds is 6. The Labute approximate surface area is 155 Å². The van der Waals surface area contributed by atoms with Gasteiger partial charge in [0.1, 0.15) is 5.78 Å². The second-order valence-corrected chi connectivity index (χ2v) is 7.88. The Balaban J connectivity index is 1.63. The van der Waals surface area contributed by atoms with Gasteiger partial charge in [-0.25, -0.2) is 8.78 Å². The first kappa shape index (κ1) is 19.5. The van der Waals surface area contributed by atoms with E-state index in [1.54, 1.807) is 12.1 Å². The highest BCUT2D eigenvalue weighted by Crippen LogP contribution is 2.39. The first-order valence-electron chi connectivity index (χ1n) is 10.2. The third-order valence-electron chi connectivity index (χ3n) is 6.09. The third kappa shape index (κ3) is 4.51. The maximum Gasteiger partial charge on any atom is 0.162 e. The Kier molecular flexibility index (Phi) is 6.80. The fourth-order valence-electron chi connectivity index (χ4n) is 4.40. The lowest BCUT2D eigenvalue weighted by atomic mass is 9.79. The average molecular weight is 364 g/mol. The summed E-state index contributed by atoms with van der Waals surface area (Å²) in [5, 5.41) is 0. The first-order valence-corrected chi connectivity index (χ1v) is 10.2. The standard InChI is InChI=1S/C22H30F2O2/c1-2-3-14-26-18-10-6-16(7-11-18)20-13-12-19(21(23)22(20)24)15-4-8-17(25)9-5-15/h12-13,15-16,18H,2-11,14H2,1H3. The molecule has 0 unspecified atom stereocenters. The minimum absolute atomic E-state index is 0.0287. The van der Waals surface area contributed by atoms with E-state index < -0.39 is 11.6 Å². The summed E-state index contributed by atoms with van der Waals surface area (Å²) in [6, 6.07) is 3.55. The van der Waals surface area contributed by atoms with E-state index in [1.165, 1.54) is 0 Å². The number of unbranched alkanes of at least 4 members (excludes halogenated alkanes) is 1. The van der Waals surface area contributed by atoms with Gasteiger partial charge in [0, 0.05) is 19.4 Å². The summed E-state index contributed by atoms with van der Waals surface area (Å²) in [7, 11) is 0. The third-order valence-corrected chi connectivity index (χ3v) is 6.09. The van der Waals surface area contributed by atoms with Crippen molar-refractivity contribution in [3.8, 4) is 0 Å². The Bertz CT molecular complexity index is 611. The van der Waals surface area contributed by atoms with Gasteiger partial charge >= 0.3 is 0 Å². The van der Waals surface area contributed by atoms with Crippen LogP contribution in [0.25, 0.3) is 0 Å². The molecule has 0 saturated heterocycles. The van der Waals surface area contributed by atoms with Crippen LogP contribution in [0.15, 0.2) is 12.1 Å². The van der Waals surface area contributed by atoms with Gasteiger partial charge in [0.15, 0.2) is 11.6 Å². The highest BCUT2D eigenvalue weighted by Gasteiger charge is 2.29. The van der Waals surface area contributed by atoms with Crippen LogP contribution in [-0.4, -0.2) is 18.5 Å². The number of carbonyl (C=O) groups excluding carboxylic acids is 1. The fourth-order valence-corrected chi connectivity index (χ4v) is 4.40. The summed E-state index contributed by atoms with van der Waals surface area (Å²) in [5.74, 6) is -1.08. The van der Waals surface area contributed by atoms with Crippen molar-refractivity contribution >= 4 is 5.78 Å². The molecule has 4 heteroatoms. The number of Topliss-reactive ketones (excluding diaryl/α,β-unsaturated/α-hetero) is 1. The maximum absolute atomic E-state index is 14.8. The molecule has 26 heavy (non-hydrogen) atoms. The van der Waals surface area contributed by atoms with Crippen LogP contribution in [0.5, 0.6) is 0 Å². The molecular weight excluding hydrogens is 334 g/mol. The summed E-state index contributed by atoms with van der Waals surface area (Å²) in [4.78, 5) is 11.4. The molecule has 2 aliphatic carbocycles. The van der Waals surface area contributed by atoms with E-state index in [0.29, 0.717) is 36.8 Å². The van der Waals surface area contributed by atoms with Gasteiger partial charge < -0.3 is 4.74 Å². The van der Waals surface area contributed by atoms with Crippen molar-refractivity contribution in [3.63, 3.8) is 0 Å². The zero-order valence-corrected chi connectivity index (χ0v) is 15.7. The number of ketones is 1. The van der Waals surface area contributed by atoms with E-state index in [9.17, 15) is 13.6 Å². The number of hydrogen-bond acceptors (Lipinski definition) is 2. The smallest absolute Gasteiger partial charge is 0.162 e. The predicted octanol–water partition coefficient (Wildman–Crippen LogP) is 6.03. The van der Waals surface area contributed by atoms with Crippen molar-refractivity contribution in [3.05, 3.63) is 34.9 Å². The molecule has 0 bridgehead atoms. The largest absolute Gasteiger partial charge is 0.378 e. The van der Waals surface area contributed by atoms with Crippen molar-refractivity contribution < 1.29 is 18.3 Å². The van der Waals surface area contributed by atoms with Crippen LogP contribution in [0.3, 0.4) is 0 Å². The molecule has 2 aliphatic rings. The summed E-state index contributed by atoms with van der Waals surface area (Å²) in [5.41, 5.74) is 0.973. The van der Waals surface area contributed by atoms with E-state index >= 15 is 0 Å². The van der Waals surface area contributed by atoms with Crippen molar-refractivity contribution in [2.24, 2.45) is 0 Å². The van der Waals surface area contributed by atoms with Crippen LogP contribution < -0.4 is 0 Å². The lowest BCUT2D eigenvalue weighted by molar-refractivity contribution is -0.120. The Hall–Kier alpha value is -1.29. The monoisotopic (exact) mass is 364 g/mol. The van der Waals surface area contributed by atoms with Gasteiger partial charge in [0.25, 0.3) is 0 Å². The molecule has 1 aromatic carbocycles. The molecular formula is C22H30F2O2. The molecule has 3 rings (SSSR count). The van der Waals surface area contributed by atoms with Crippen LogP contribution in [0, 0.1) is 11.6 Å². The molecule has 0 aliphatic heterocycles. The average Bonchev–Trinajstić information content (AvgIpc) is 2.66. The Morgan fingerprint density at radius 1 is 0.923 bits per heavy atom. The lowest BCUT2D eigenvalue weighted by Crippen LogP contribution is -2.22. The number of halogens is 2. The topological polar surface area (TPSA) is 26.3 Å². The van der Waals surface area contributed by atoms with Gasteiger partial charge in [-0.15, -0.1) is 0 Å². The molecule has 0 spiro atoms. The van der Waals surface area contributed by atoms with Gasteiger partial charge in [0.05, 0.1) is 6.10 Å². The first-order chi connectivity index (χ1) is 12.6. The number of hydrogen-bond donors (Lipinski definition) is 0. The molecule has 2 nitrogen and oxygen atoms in total. The minimum Gasteiger partial charge on any atom is -0.378 e. The molecule has 0 amide bonds. The van der Waals surface area contributed by atoms with Gasteiger partial charge in [-0.2, -0.15) is 0 Å². The SMILES string of the molecule is CCCCOC1CCC(c2ccc(C3CCC(=O)CC3)c(F)c2F)CC1. The van der Waals surface area contributed by atoms with Crippen molar-refractivity contribution in [1.82, 2.24) is 0 Å². The number of carbonyl (C=O) groups is 1. The highest BCUT2D eigenvalue weighted by molar-refractivity contribution is 5.79. The highest BCUT2D eigenvalue weighted by atomic mass is 19.2. The molecule has 1 aromatic rings. The zero-order valence-electron chi connectivity index (χ0n) is 15.7. The summed E-state index contributed by atoms with van der Waals surface area (Å²) >= 11 is 0. The molecule has 0 aromatic heterocycles. The summed E-state index contributed by atoms with van der Waals surface area (Å²) < 4.78 is 35.3. The van der Waals surface area contributed by atoms with Crippen molar-refractivity contribution in [2.45, 2.75) is 89.1 Å². The van der Waals surface area contributed by atoms with Crippen molar-refractivity contribution in [2.75, 3.05) is 6.61 Å². The molecule has 0 radical (unpaired) electrons.